The summed E-state index contributed by atoms with van der Waals surface area (Å²) in [7, 11) is 0. The molecule has 3 heterocycles. The van der Waals surface area contributed by atoms with Gasteiger partial charge >= 0.3 is 12.1 Å². The van der Waals surface area contributed by atoms with Crippen molar-refractivity contribution in [2.45, 2.75) is 57.7 Å². The van der Waals surface area contributed by atoms with Crippen LogP contribution in [0.1, 0.15) is 46.0 Å². The molecule has 6 atom stereocenters. The number of hydrogen-bond acceptors (Lipinski definition) is 6. The van der Waals surface area contributed by atoms with Crippen LogP contribution in [0.4, 0.5) is 4.79 Å². The third-order valence-electron chi connectivity index (χ3n) is 8.43. The maximum atomic E-state index is 12.8. The van der Waals surface area contributed by atoms with Crippen LogP contribution < -0.4 is 0 Å². The van der Waals surface area contributed by atoms with Crippen molar-refractivity contribution in [3.8, 4) is 0 Å². The summed E-state index contributed by atoms with van der Waals surface area (Å²) in [4.78, 5) is 28.8. The Morgan fingerprint density at radius 3 is 2.69 bits per heavy atom. The fourth-order valence-electron chi connectivity index (χ4n) is 6.77. The number of hydrogen-bond donors (Lipinski definition) is 0. The van der Waals surface area contributed by atoms with Crippen molar-refractivity contribution in [3.05, 3.63) is 0 Å². The van der Waals surface area contributed by atoms with E-state index in [1.807, 2.05) is 6.92 Å². The van der Waals surface area contributed by atoms with Crippen LogP contribution >= 0.6 is 0 Å². The van der Waals surface area contributed by atoms with Gasteiger partial charge in [0, 0.05) is 38.6 Å². The second-order valence-electron chi connectivity index (χ2n) is 10.1. The summed E-state index contributed by atoms with van der Waals surface area (Å²) in [5.74, 6) is 0.808. The van der Waals surface area contributed by atoms with E-state index >= 15 is 0 Å². The van der Waals surface area contributed by atoms with E-state index in [2.05, 4.69) is 11.8 Å². The highest BCUT2D eigenvalue weighted by atomic mass is 16.6. The predicted octanol–water partition coefficient (Wildman–Crippen LogP) is 2.29. The Morgan fingerprint density at radius 1 is 1.24 bits per heavy atom. The molecule has 7 nitrogen and oxygen atoms in total. The van der Waals surface area contributed by atoms with Crippen LogP contribution in [0, 0.1) is 23.2 Å². The molecule has 1 spiro atoms. The lowest BCUT2D eigenvalue weighted by Gasteiger charge is -2.51. The lowest BCUT2D eigenvalue weighted by Crippen LogP contribution is -2.53. The summed E-state index contributed by atoms with van der Waals surface area (Å²) in [5.41, 5.74) is 0.343. The Kier molecular flexibility index (Phi) is 4.81. The van der Waals surface area contributed by atoms with E-state index in [0.717, 1.165) is 39.1 Å². The van der Waals surface area contributed by atoms with E-state index in [0.29, 0.717) is 31.5 Å². The van der Waals surface area contributed by atoms with Gasteiger partial charge in [0.2, 0.25) is 0 Å². The average Bonchev–Trinajstić information content (AvgIpc) is 3.40. The van der Waals surface area contributed by atoms with Crippen LogP contribution in [0.25, 0.3) is 0 Å². The third-order valence-corrected chi connectivity index (χ3v) is 8.43. The maximum absolute atomic E-state index is 12.8. The molecule has 7 heteroatoms. The highest BCUT2D eigenvalue weighted by Crippen LogP contribution is 2.62. The molecule has 0 aromatic carbocycles. The van der Waals surface area contributed by atoms with Crippen molar-refractivity contribution in [2.24, 2.45) is 23.2 Å². The molecular formula is C22H34N2O5. The number of piperazine rings is 1. The van der Waals surface area contributed by atoms with Crippen LogP contribution in [-0.2, 0) is 19.0 Å². The fourth-order valence-corrected chi connectivity index (χ4v) is 6.77. The van der Waals surface area contributed by atoms with Crippen molar-refractivity contribution in [1.82, 2.24) is 9.80 Å². The molecular weight excluding hydrogens is 372 g/mol. The van der Waals surface area contributed by atoms with E-state index in [9.17, 15) is 9.59 Å². The minimum Gasteiger partial charge on any atom is -0.462 e. The standard InChI is InChI=1S/C22H34N2O5/c1-3-27-20(26)24-9-7-23(8-10-24)13-16-15-11-18-21(2,12-17(15)29-19(16)25)5-4-6-22(18)14-28-22/h15-18H,3-14H2,1-2H3/t15-,16+,17+,18-,21+,22+/m1/s1. The molecule has 3 aliphatic heterocycles. The minimum atomic E-state index is -0.230. The number of epoxide rings is 1. The van der Waals surface area contributed by atoms with Crippen LogP contribution in [-0.4, -0.2) is 79.5 Å². The first-order chi connectivity index (χ1) is 13.9. The first-order valence-corrected chi connectivity index (χ1v) is 11.4. The quantitative estimate of drug-likeness (QED) is 0.529. The third kappa shape index (κ3) is 3.34. The summed E-state index contributed by atoms with van der Waals surface area (Å²) in [6.45, 7) is 9.16. The molecule has 5 aliphatic rings. The summed E-state index contributed by atoms with van der Waals surface area (Å²) >= 11 is 0. The van der Waals surface area contributed by atoms with Crippen LogP contribution in [0.15, 0.2) is 0 Å². The van der Waals surface area contributed by atoms with E-state index in [1.165, 1.54) is 19.3 Å². The molecule has 162 valence electrons. The number of carbonyl (C=O) groups excluding carboxylic acids is 2. The lowest BCUT2D eigenvalue weighted by molar-refractivity contribution is -0.147. The van der Waals surface area contributed by atoms with Crippen molar-refractivity contribution in [1.29, 1.82) is 0 Å². The first kappa shape index (κ1) is 19.6. The van der Waals surface area contributed by atoms with Gasteiger partial charge in [0.15, 0.2) is 0 Å². The van der Waals surface area contributed by atoms with Crippen molar-refractivity contribution < 1.29 is 23.8 Å². The van der Waals surface area contributed by atoms with Gasteiger partial charge in [0.25, 0.3) is 0 Å². The Labute approximate surface area is 173 Å². The van der Waals surface area contributed by atoms with Crippen LogP contribution in [0.5, 0.6) is 0 Å². The van der Waals surface area contributed by atoms with Gasteiger partial charge in [0.05, 0.1) is 24.7 Å². The number of nitrogens with zero attached hydrogens (tertiary/aromatic N) is 2. The molecule has 0 aromatic rings. The monoisotopic (exact) mass is 406 g/mol. The van der Waals surface area contributed by atoms with E-state index in [4.69, 9.17) is 14.2 Å². The van der Waals surface area contributed by atoms with Gasteiger partial charge in [0.1, 0.15) is 6.10 Å². The largest absolute Gasteiger partial charge is 0.462 e. The van der Waals surface area contributed by atoms with Crippen molar-refractivity contribution in [3.63, 3.8) is 0 Å². The fraction of sp³-hybridized carbons (Fsp3) is 0.909. The predicted molar refractivity (Wildman–Crippen MR) is 105 cm³/mol. The minimum absolute atomic E-state index is 0.0131. The Hall–Kier alpha value is -1.34. The molecule has 0 radical (unpaired) electrons. The lowest BCUT2D eigenvalue weighted by atomic mass is 9.53. The van der Waals surface area contributed by atoms with E-state index < -0.39 is 0 Å². The first-order valence-electron chi connectivity index (χ1n) is 11.4. The van der Waals surface area contributed by atoms with Crippen molar-refractivity contribution >= 4 is 12.1 Å². The zero-order valence-electron chi connectivity index (χ0n) is 17.7. The van der Waals surface area contributed by atoms with Crippen LogP contribution in [0.3, 0.4) is 0 Å². The summed E-state index contributed by atoms with van der Waals surface area (Å²) in [6.07, 6.45) is 5.53. The smallest absolute Gasteiger partial charge is 0.409 e. The molecule has 5 fully saturated rings. The van der Waals surface area contributed by atoms with Gasteiger partial charge in [-0.1, -0.05) is 6.92 Å². The number of carbonyl (C=O) groups is 2. The molecule has 0 bridgehead atoms. The molecule has 2 aliphatic carbocycles. The molecule has 0 aromatic heterocycles. The number of esters is 1. The van der Waals surface area contributed by atoms with Gasteiger partial charge in [-0.15, -0.1) is 0 Å². The molecule has 1 amide bonds. The molecule has 3 saturated heterocycles. The Morgan fingerprint density at radius 2 is 2.00 bits per heavy atom. The van der Waals surface area contributed by atoms with Gasteiger partial charge in [-0.3, -0.25) is 9.69 Å². The molecule has 0 unspecified atom stereocenters. The highest BCUT2D eigenvalue weighted by molar-refractivity contribution is 5.75. The summed E-state index contributed by atoms with van der Waals surface area (Å²) in [6, 6.07) is 0. The van der Waals surface area contributed by atoms with Gasteiger partial charge in [-0.2, -0.15) is 0 Å². The maximum Gasteiger partial charge on any atom is 0.409 e. The normalized spacial score (nSPS) is 44.2. The van der Waals surface area contributed by atoms with E-state index in [1.54, 1.807) is 4.90 Å². The number of fused-ring (bicyclic) bond motifs is 3. The second-order valence-corrected chi connectivity index (χ2v) is 10.1. The van der Waals surface area contributed by atoms with Gasteiger partial charge < -0.3 is 19.1 Å². The molecule has 2 saturated carbocycles. The molecule has 0 N–H and O–H groups in total. The Balaban J connectivity index is 1.23. The van der Waals surface area contributed by atoms with E-state index in [-0.39, 0.29) is 35.1 Å². The zero-order chi connectivity index (χ0) is 20.2. The number of rotatable bonds is 3. The molecule has 29 heavy (non-hydrogen) atoms. The molecule has 5 rings (SSSR count). The zero-order valence-corrected chi connectivity index (χ0v) is 17.7. The van der Waals surface area contributed by atoms with Crippen LogP contribution in [0.2, 0.25) is 0 Å². The Bertz CT molecular complexity index is 672. The number of amides is 1. The highest BCUT2D eigenvalue weighted by Gasteiger charge is 2.65. The SMILES string of the molecule is CCOC(=O)N1CCN(C[C@@H]2C(=O)O[C@H]3C[C@]4(C)CCC[C@]5(CO5)[C@@H]4C[C@@H]32)CC1. The number of ether oxygens (including phenoxy) is 3. The topological polar surface area (TPSA) is 71.6 Å². The van der Waals surface area contributed by atoms with Gasteiger partial charge in [-0.05, 0) is 50.4 Å². The second kappa shape index (κ2) is 7.12. The van der Waals surface area contributed by atoms with Gasteiger partial charge in [-0.25, -0.2) is 4.79 Å². The van der Waals surface area contributed by atoms with Crippen molar-refractivity contribution in [2.75, 3.05) is 45.9 Å². The average molecular weight is 407 g/mol. The summed E-state index contributed by atoms with van der Waals surface area (Å²) < 4.78 is 17.0. The summed E-state index contributed by atoms with van der Waals surface area (Å²) in [5, 5.41) is 0.